The summed E-state index contributed by atoms with van der Waals surface area (Å²) in [4.78, 5) is 18.3. The van der Waals surface area contributed by atoms with Gasteiger partial charge in [0.05, 0.1) is 12.0 Å². The number of hydrogen-bond donors (Lipinski definition) is 1. The predicted octanol–water partition coefficient (Wildman–Crippen LogP) is 3.03. The first-order chi connectivity index (χ1) is 9.22. The molecular formula is C15H17ClN2O2. The smallest absolute Gasteiger partial charge is 0.308 e. The molecule has 20 heavy (non-hydrogen) atoms. The lowest BCUT2D eigenvalue weighted by Gasteiger charge is -2.11. The van der Waals surface area contributed by atoms with E-state index in [9.17, 15) is 4.79 Å². The summed E-state index contributed by atoms with van der Waals surface area (Å²) in [6, 6.07) is 5.94. The fourth-order valence-corrected chi connectivity index (χ4v) is 2.76. The fourth-order valence-electron chi connectivity index (χ4n) is 2.76. The predicted molar refractivity (Wildman–Crippen MR) is 78.4 cm³/mol. The van der Waals surface area contributed by atoms with Crippen molar-refractivity contribution in [3.63, 3.8) is 0 Å². The number of aromatic amines is 1. The van der Waals surface area contributed by atoms with E-state index in [4.69, 9.17) is 4.74 Å². The molecule has 106 valence electrons. The molecule has 1 N–H and O–H groups in total. The summed E-state index contributed by atoms with van der Waals surface area (Å²) in [5, 5.41) is 0. The van der Waals surface area contributed by atoms with Crippen molar-refractivity contribution >= 4 is 18.4 Å². The minimum Gasteiger partial charge on any atom is -0.427 e. The van der Waals surface area contributed by atoms with Gasteiger partial charge in [-0.15, -0.1) is 12.4 Å². The topological polar surface area (TPSA) is 55.0 Å². The minimum atomic E-state index is -0.276. The van der Waals surface area contributed by atoms with E-state index in [1.807, 2.05) is 18.3 Å². The molecule has 3 rings (SSSR count). The van der Waals surface area contributed by atoms with Gasteiger partial charge in [0.15, 0.2) is 0 Å². The van der Waals surface area contributed by atoms with Gasteiger partial charge in [0, 0.05) is 13.1 Å². The van der Waals surface area contributed by atoms with Crippen molar-refractivity contribution in [3.05, 3.63) is 47.5 Å². The molecule has 0 spiro atoms. The van der Waals surface area contributed by atoms with Crippen LogP contribution < -0.4 is 4.74 Å². The number of halogens is 1. The third kappa shape index (κ3) is 3.02. The maximum atomic E-state index is 11.0. The average molecular weight is 293 g/mol. The van der Waals surface area contributed by atoms with Crippen molar-refractivity contribution in [2.75, 3.05) is 0 Å². The van der Waals surface area contributed by atoms with E-state index in [0.29, 0.717) is 11.7 Å². The summed E-state index contributed by atoms with van der Waals surface area (Å²) < 4.78 is 5.16. The van der Waals surface area contributed by atoms with Crippen LogP contribution in [0.4, 0.5) is 0 Å². The highest BCUT2D eigenvalue weighted by atomic mass is 35.5. The molecule has 0 fully saturated rings. The van der Waals surface area contributed by atoms with Gasteiger partial charge in [-0.25, -0.2) is 4.98 Å². The molecule has 0 saturated carbocycles. The van der Waals surface area contributed by atoms with Crippen LogP contribution in [0.1, 0.15) is 36.1 Å². The summed E-state index contributed by atoms with van der Waals surface area (Å²) in [5.74, 6) is 0.829. The molecule has 0 amide bonds. The van der Waals surface area contributed by atoms with Crippen LogP contribution in [-0.4, -0.2) is 15.9 Å². The standard InChI is InChI=1S/C15H16N2O2.ClH/c1-10(18)19-14-5-4-11-2-3-12(15(11)7-14)6-13-8-16-9-17-13;/h4-5,7-9,12H,2-3,6H2,1H3,(H,16,17);1H. The van der Waals surface area contributed by atoms with Crippen molar-refractivity contribution < 1.29 is 9.53 Å². The van der Waals surface area contributed by atoms with Crippen molar-refractivity contribution in [2.45, 2.75) is 32.1 Å². The zero-order valence-corrected chi connectivity index (χ0v) is 12.1. The Labute approximate surface area is 124 Å². The zero-order chi connectivity index (χ0) is 13.2. The largest absolute Gasteiger partial charge is 0.427 e. The van der Waals surface area contributed by atoms with E-state index in [1.165, 1.54) is 18.1 Å². The molecule has 0 saturated heterocycles. The maximum absolute atomic E-state index is 11.0. The molecule has 0 aliphatic heterocycles. The van der Waals surface area contributed by atoms with Gasteiger partial charge in [-0.1, -0.05) is 6.07 Å². The second-order valence-electron chi connectivity index (χ2n) is 4.95. The number of aromatic nitrogens is 2. The number of carbonyl (C=O) groups excluding carboxylic acids is 1. The summed E-state index contributed by atoms with van der Waals surface area (Å²) in [5.41, 5.74) is 3.73. The van der Waals surface area contributed by atoms with E-state index >= 15 is 0 Å². The third-order valence-electron chi connectivity index (χ3n) is 3.59. The quantitative estimate of drug-likeness (QED) is 0.699. The Balaban J connectivity index is 0.00000147. The number of nitrogens with one attached hydrogen (secondary N) is 1. The average Bonchev–Trinajstić information content (AvgIpc) is 3.00. The number of nitrogens with zero attached hydrogens (tertiary/aromatic N) is 1. The number of imidazole rings is 1. The monoisotopic (exact) mass is 292 g/mol. The molecule has 1 aromatic heterocycles. The molecule has 0 radical (unpaired) electrons. The molecule has 5 heteroatoms. The fraction of sp³-hybridized carbons (Fsp3) is 0.333. The number of carbonyl (C=O) groups is 1. The number of esters is 1. The van der Waals surface area contributed by atoms with Crippen LogP contribution in [0.15, 0.2) is 30.7 Å². The highest BCUT2D eigenvalue weighted by Gasteiger charge is 2.24. The number of H-pyrrole nitrogens is 1. The Hall–Kier alpha value is -1.81. The van der Waals surface area contributed by atoms with E-state index in [-0.39, 0.29) is 18.4 Å². The van der Waals surface area contributed by atoms with Gasteiger partial charge in [0.2, 0.25) is 0 Å². The van der Waals surface area contributed by atoms with Gasteiger partial charge in [-0.05, 0) is 48.4 Å². The van der Waals surface area contributed by atoms with Gasteiger partial charge in [-0.3, -0.25) is 4.79 Å². The molecule has 1 aromatic carbocycles. The lowest BCUT2D eigenvalue weighted by atomic mass is 9.96. The van der Waals surface area contributed by atoms with E-state index < -0.39 is 0 Å². The van der Waals surface area contributed by atoms with Crippen molar-refractivity contribution in [1.29, 1.82) is 0 Å². The SMILES string of the molecule is CC(=O)Oc1ccc2c(c1)C(Cc1c[nH]cn1)CC2.Cl. The molecule has 1 aliphatic carbocycles. The van der Waals surface area contributed by atoms with Crippen LogP contribution in [0.25, 0.3) is 0 Å². The Morgan fingerprint density at radius 3 is 3.05 bits per heavy atom. The second kappa shape index (κ2) is 6.09. The van der Waals surface area contributed by atoms with Crippen LogP contribution in [-0.2, 0) is 17.6 Å². The van der Waals surface area contributed by atoms with Gasteiger partial charge in [-0.2, -0.15) is 0 Å². The first kappa shape index (κ1) is 14.6. The van der Waals surface area contributed by atoms with Crippen LogP contribution in [0.3, 0.4) is 0 Å². The summed E-state index contributed by atoms with van der Waals surface area (Å²) in [7, 11) is 0. The van der Waals surface area contributed by atoms with Crippen LogP contribution in [0.2, 0.25) is 0 Å². The van der Waals surface area contributed by atoms with Crippen molar-refractivity contribution in [2.24, 2.45) is 0 Å². The molecule has 1 unspecified atom stereocenters. The Morgan fingerprint density at radius 1 is 1.50 bits per heavy atom. The second-order valence-corrected chi connectivity index (χ2v) is 4.95. The Morgan fingerprint density at radius 2 is 2.35 bits per heavy atom. The van der Waals surface area contributed by atoms with Gasteiger partial charge in [0.25, 0.3) is 0 Å². The van der Waals surface area contributed by atoms with Gasteiger partial charge in [0.1, 0.15) is 5.75 Å². The zero-order valence-electron chi connectivity index (χ0n) is 11.3. The van der Waals surface area contributed by atoms with Crippen LogP contribution in [0.5, 0.6) is 5.75 Å². The van der Waals surface area contributed by atoms with E-state index in [1.54, 1.807) is 6.33 Å². The first-order valence-corrected chi connectivity index (χ1v) is 6.51. The van der Waals surface area contributed by atoms with Crippen LogP contribution >= 0.6 is 12.4 Å². The minimum absolute atomic E-state index is 0. The number of fused-ring (bicyclic) bond motifs is 1. The maximum Gasteiger partial charge on any atom is 0.308 e. The van der Waals surface area contributed by atoms with Crippen LogP contribution in [0, 0.1) is 0 Å². The Bertz CT molecular complexity index is 596. The molecule has 2 aromatic rings. The van der Waals surface area contributed by atoms with Crippen molar-refractivity contribution in [1.82, 2.24) is 9.97 Å². The van der Waals surface area contributed by atoms with E-state index in [2.05, 4.69) is 16.0 Å². The van der Waals surface area contributed by atoms with Gasteiger partial charge < -0.3 is 9.72 Å². The normalized spacial score (nSPS) is 16.4. The third-order valence-corrected chi connectivity index (χ3v) is 3.59. The highest BCUT2D eigenvalue weighted by Crippen LogP contribution is 2.37. The van der Waals surface area contributed by atoms with Gasteiger partial charge >= 0.3 is 5.97 Å². The highest BCUT2D eigenvalue weighted by molar-refractivity contribution is 5.85. The summed E-state index contributed by atoms with van der Waals surface area (Å²) in [6.45, 7) is 1.43. The summed E-state index contributed by atoms with van der Waals surface area (Å²) >= 11 is 0. The number of aryl methyl sites for hydroxylation is 1. The number of rotatable bonds is 3. The molecular weight excluding hydrogens is 276 g/mol. The van der Waals surface area contributed by atoms with E-state index in [0.717, 1.165) is 25.0 Å². The number of benzene rings is 1. The lowest BCUT2D eigenvalue weighted by molar-refractivity contribution is -0.131. The first-order valence-electron chi connectivity index (χ1n) is 6.51. The number of ether oxygens (including phenoxy) is 1. The molecule has 1 atom stereocenters. The molecule has 0 bridgehead atoms. The van der Waals surface area contributed by atoms with Crippen molar-refractivity contribution in [3.8, 4) is 5.75 Å². The molecule has 4 nitrogen and oxygen atoms in total. The molecule has 1 heterocycles. The molecule has 1 aliphatic rings. The number of hydrogen-bond acceptors (Lipinski definition) is 3. The Kier molecular flexibility index (Phi) is 4.45. The lowest BCUT2D eigenvalue weighted by Crippen LogP contribution is -2.03. The summed E-state index contributed by atoms with van der Waals surface area (Å²) in [6.07, 6.45) is 6.80.